The molecule has 23 heavy (non-hydrogen) atoms. The van der Waals surface area contributed by atoms with Crippen LogP contribution in [0.3, 0.4) is 0 Å². The molecule has 0 aliphatic heterocycles. The van der Waals surface area contributed by atoms with Crippen molar-refractivity contribution < 1.29 is 19.5 Å². The summed E-state index contributed by atoms with van der Waals surface area (Å²) in [5.41, 5.74) is 0. The molecule has 0 heterocycles. The maximum atomic E-state index is 3.71. The summed E-state index contributed by atoms with van der Waals surface area (Å²) in [4.78, 5) is 0. The van der Waals surface area contributed by atoms with Crippen LogP contribution in [0.15, 0.2) is 25.3 Å². The van der Waals surface area contributed by atoms with Gasteiger partial charge in [-0.05, 0) is 25.7 Å². The molecule has 0 aliphatic carbocycles. The van der Waals surface area contributed by atoms with Gasteiger partial charge < -0.3 is 0 Å². The fourth-order valence-corrected chi connectivity index (χ4v) is 2.49. The molecule has 0 saturated carbocycles. The molecule has 0 amide bonds. The Morgan fingerprint density at radius 2 is 0.739 bits per heavy atom. The van der Waals surface area contributed by atoms with Crippen molar-refractivity contribution in [3.8, 4) is 0 Å². The van der Waals surface area contributed by atoms with Gasteiger partial charge in [0.1, 0.15) is 0 Å². The Hall–Kier alpha value is 0.103. The van der Waals surface area contributed by atoms with Crippen molar-refractivity contribution in [1.82, 2.24) is 0 Å². The summed E-state index contributed by atoms with van der Waals surface area (Å²) in [6, 6.07) is 0. The maximum absolute atomic E-state index is 3.71. The molecule has 0 radical (unpaired) electrons. The van der Waals surface area contributed by atoms with Crippen molar-refractivity contribution in [2.45, 2.75) is 117 Å². The topological polar surface area (TPSA) is 0 Å². The SMILES string of the molecule is C=CCCCCCCCCC.C=CCCCCCCCCC.[Zn]. The van der Waals surface area contributed by atoms with Crippen molar-refractivity contribution in [2.24, 2.45) is 0 Å². The number of unbranched alkanes of at least 4 members (excludes halogenated alkanes) is 14. The molecule has 0 nitrogen and oxygen atoms in total. The van der Waals surface area contributed by atoms with Gasteiger partial charge in [0.2, 0.25) is 0 Å². The first-order valence-corrected chi connectivity index (χ1v) is 10.0. The Labute approximate surface area is 161 Å². The largest absolute Gasteiger partial charge is 0.103 e. The molecule has 134 valence electrons. The van der Waals surface area contributed by atoms with Crippen LogP contribution >= 0.6 is 0 Å². The van der Waals surface area contributed by atoms with Gasteiger partial charge in [-0.2, -0.15) is 0 Å². The van der Waals surface area contributed by atoms with Crippen molar-refractivity contribution in [1.29, 1.82) is 0 Å². The van der Waals surface area contributed by atoms with Crippen LogP contribution in [0.4, 0.5) is 0 Å². The van der Waals surface area contributed by atoms with E-state index in [-0.39, 0.29) is 19.5 Å². The molecule has 0 atom stereocenters. The van der Waals surface area contributed by atoms with Gasteiger partial charge in [0, 0.05) is 19.5 Å². The van der Waals surface area contributed by atoms with Gasteiger partial charge in [0.05, 0.1) is 0 Å². The molecule has 0 fully saturated rings. The quantitative estimate of drug-likeness (QED) is 0.144. The van der Waals surface area contributed by atoms with Crippen LogP contribution in [-0.4, -0.2) is 0 Å². The number of hydrogen-bond acceptors (Lipinski definition) is 0. The van der Waals surface area contributed by atoms with Gasteiger partial charge in [-0.25, -0.2) is 0 Å². The van der Waals surface area contributed by atoms with Crippen LogP contribution in [0.25, 0.3) is 0 Å². The van der Waals surface area contributed by atoms with Gasteiger partial charge in [-0.1, -0.05) is 103 Å². The van der Waals surface area contributed by atoms with E-state index in [4.69, 9.17) is 0 Å². The zero-order chi connectivity index (χ0) is 16.7. The molecular formula is C22H44Zn. The monoisotopic (exact) mass is 372 g/mol. The second-order valence-corrected chi connectivity index (χ2v) is 6.40. The van der Waals surface area contributed by atoms with Crippen LogP contribution in [0, 0.1) is 0 Å². The summed E-state index contributed by atoms with van der Waals surface area (Å²) in [7, 11) is 0. The van der Waals surface area contributed by atoms with E-state index in [9.17, 15) is 0 Å². The van der Waals surface area contributed by atoms with Crippen LogP contribution in [-0.2, 0) is 19.5 Å². The predicted octanol–water partition coefficient (Wildman–Crippen LogP) is 8.62. The van der Waals surface area contributed by atoms with E-state index < -0.39 is 0 Å². The standard InChI is InChI=1S/2C11H22.Zn/c2*1-3-5-7-9-11-10-8-6-4-2;/h2*3H,1,4-11H2,2H3;. The van der Waals surface area contributed by atoms with E-state index in [0.29, 0.717) is 0 Å². The molecule has 0 saturated heterocycles. The summed E-state index contributed by atoms with van der Waals surface area (Å²) >= 11 is 0. The predicted molar refractivity (Wildman–Crippen MR) is 106 cm³/mol. The van der Waals surface area contributed by atoms with Crippen LogP contribution in [0.5, 0.6) is 0 Å². The maximum Gasteiger partial charge on any atom is 0 e. The second kappa shape index (κ2) is 30.0. The molecule has 0 bridgehead atoms. The number of rotatable bonds is 16. The van der Waals surface area contributed by atoms with E-state index in [0.717, 1.165) is 0 Å². The minimum absolute atomic E-state index is 0. The molecular weight excluding hydrogens is 330 g/mol. The molecule has 0 aliphatic rings. The molecule has 0 aromatic rings. The molecule has 0 unspecified atom stereocenters. The number of allylic oxidation sites excluding steroid dienone is 2. The van der Waals surface area contributed by atoms with Crippen LogP contribution < -0.4 is 0 Å². The second-order valence-electron chi connectivity index (χ2n) is 6.40. The first-order chi connectivity index (χ1) is 10.8. The van der Waals surface area contributed by atoms with E-state index in [1.54, 1.807) is 0 Å². The fourth-order valence-electron chi connectivity index (χ4n) is 2.49. The average molecular weight is 374 g/mol. The number of hydrogen-bond donors (Lipinski definition) is 0. The van der Waals surface area contributed by atoms with Crippen LogP contribution in [0.1, 0.15) is 117 Å². The average Bonchev–Trinajstić information content (AvgIpc) is 2.54. The smallest absolute Gasteiger partial charge is 0 e. The first-order valence-electron chi connectivity index (χ1n) is 10.0. The van der Waals surface area contributed by atoms with Crippen molar-refractivity contribution in [2.75, 3.05) is 0 Å². The van der Waals surface area contributed by atoms with Crippen molar-refractivity contribution in [3.05, 3.63) is 25.3 Å². The Morgan fingerprint density at radius 1 is 0.478 bits per heavy atom. The minimum atomic E-state index is 0. The van der Waals surface area contributed by atoms with E-state index >= 15 is 0 Å². The van der Waals surface area contributed by atoms with Gasteiger partial charge in [-0.15, -0.1) is 13.2 Å². The first kappa shape index (κ1) is 27.9. The third-order valence-corrected chi connectivity index (χ3v) is 4.02. The molecule has 0 aromatic carbocycles. The molecule has 1 heteroatoms. The van der Waals surface area contributed by atoms with E-state index in [1.807, 2.05) is 12.2 Å². The summed E-state index contributed by atoms with van der Waals surface area (Å²) < 4.78 is 0. The summed E-state index contributed by atoms with van der Waals surface area (Å²) in [5.74, 6) is 0. The molecule has 0 spiro atoms. The van der Waals surface area contributed by atoms with E-state index in [2.05, 4.69) is 27.0 Å². The molecule has 0 N–H and O–H groups in total. The summed E-state index contributed by atoms with van der Waals surface area (Å²) in [6.45, 7) is 11.9. The third kappa shape index (κ3) is 34.4. The van der Waals surface area contributed by atoms with E-state index in [1.165, 1.54) is 103 Å². The summed E-state index contributed by atoms with van der Waals surface area (Å²) in [6.07, 6.45) is 26.1. The van der Waals surface area contributed by atoms with Gasteiger partial charge >= 0.3 is 0 Å². The Balaban J connectivity index is -0.000000333. The van der Waals surface area contributed by atoms with Crippen molar-refractivity contribution >= 4 is 0 Å². The normalized spacial score (nSPS) is 9.48. The Kier molecular flexibility index (Phi) is 36.5. The van der Waals surface area contributed by atoms with Crippen LogP contribution in [0.2, 0.25) is 0 Å². The minimum Gasteiger partial charge on any atom is -0.103 e. The Morgan fingerprint density at radius 3 is 1.00 bits per heavy atom. The van der Waals surface area contributed by atoms with Gasteiger partial charge in [-0.3, -0.25) is 0 Å². The molecule has 0 rings (SSSR count). The van der Waals surface area contributed by atoms with Crippen molar-refractivity contribution in [3.63, 3.8) is 0 Å². The fraction of sp³-hybridized carbons (Fsp3) is 0.818. The zero-order valence-electron chi connectivity index (χ0n) is 16.6. The van der Waals surface area contributed by atoms with Gasteiger partial charge in [0.25, 0.3) is 0 Å². The Bertz CT molecular complexity index is 176. The van der Waals surface area contributed by atoms with Gasteiger partial charge in [0.15, 0.2) is 0 Å². The third-order valence-electron chi connectivity index (χ3n) is 4.02. The molecule has 0 aromatic heterocycles. The zero-order valence-corrected chi connectivity index (χ0v) is 19.6. The summed E-state index contributed by atoms with van der Waals surface area (Å²) in [5, 5.41) is 0.